The van der Waals surface area contributed by atoms with Crippen molar-refractivity contribution >= 4 is 11.8 Å². The van der Waals surface area contributed by atoms with Crippen LogP contribution in [0.1, 0.15) is 37.8 Å². The lowest BCUT2D eigenvalue weighted by atomic mass is 10.0. The number of likely N-dealkylation sites (tertiary alicyclic amines) is 1. The Morgan fingerprint density at radius 2 is 2.14 bits per heavy atom. The molecule has 1 aliphatic heterocycles. The monoisotopic (exact) mass is 308 g/mol. The van der Waals surface area contributed by atoms with Gasteiger partial charge >= 0.3 is 0 Å². The highest BCUT2D eigenvalue weighted by molar-refractivity contribution is 7.98. The summed E-state index contributed by atoms with van der Waals surface area (Å²) >= 11 is 1.78. The van der Waals surface area contributed by atoms with Gasteiger partial charge in [0, 0.05) is 30.6 Å². The molecule has 0 radical (unpaired) electrons. The Morgan fingerprint density at radius 3 is 2.76 bits per heavy atom. The number of nitrogens with two attached hydrogens (primary N) is 1. The van der Waals surface area contributed by atoms with E-state index in [9.17, 15) is 0 Å². The SMILES string of the molecule is CCCOC1CCCN(C(CN)c2ccc(SC)cc2)C1. The third-order valence-corrected chi connectivity index (χ3v) is 4.88. The van der Waals surface area contributed by atoms with Crippen LogP contribution >= 0.6 is 11.8 Å². The summed E-state index contributed by atoms with van der Waals surface area (Å²) in [6.07, 6.45) is 5.95. The van der Waals surface area contributed by atoms with Crippen LogP contribution in [-0.2, 0) is 4.74 Å². The smallest absolute Gasteiger partial charge is 0.0702 e. The fourth-order valence-electron chi connectivity index (χ4n) is 2.99. The highest BCUT2D eigenvalue weighted by Gasteiger charge is 2.26. The average Bonchev–Trinajstić information content (AvgIpc) is 2.55. The van der Waals surface area contributed by atoms with Crippen LogP contribution in [0.2, 0.25) is 0 Å². The minimum atomic E-state index is 0.314. The second-order valence-electron chi connectivity index (χ2n) is 5.65. The quantitative estimate of drug-likeness (QED) is 0.784. The summed E-state index contributed by atoms with van der Waals surface area (Å²) in [5, 5.41) is 0. The number of rotatable bonds is 7. The van der Waals surface area contributed by atoms with Gasteiger partial charge in [0.05, 0.1) is 6.10 Å². The minimum absolute atomic E-state index is 0.314. The molecule has 2 N–H and O–H groups in total. The summed E-state index contributed by atoms with van der Waals surface area (Å²) in [7, 11) is 0. The molecule has 0 amide bonds. The average molecular weight is 308 g/mol. The van der Waals surface area contributed by atoms with Gasteiger partial charge in [0.15, 0.2) is 0 Å². The zero-order chi connectivity index (χ0) is 15.1. The summed E-state index contributed by atoms with van der Waals surface area (Å²) in [4.78, 5) is 3.80. The van der Waals surface area contributed by atoms with Gasteiger partial charge in [-0.05, 0) is 49.8 Å². The molecule has 1 saturated heterocycles. The minimum Gasteiger partial charge on any atom is -0.377 e. The van der Waals surface area contributed by atoms with Gasteiger partial charge in [0.25, 0.3) is 0 Å². The maximum absolute atomic E-state index is 6.06. The van der Waals surface area contributed by atoms with Gasteiger partial charge < -0.3 is 10.5 Å². The van der Waals surface area contributed by atoms with Crippen molar-refractivity contribution in [3.05, 3.63) is 29.8 Å². The Bertz CT molecular complexity index is 410. The summed E-state index contributed by atoms with van der Waals surface area (Å²) < 4.78 is 5.94. The number of piperidine rings is 1. The summed E-state index contributed by atoms with van der Waals surface area (Å²) in [6, 6.07) is 9.14. The molecule has 21 heavy (non-hydrogen) atoms. The normalized spacial score (nSPS) is 21.4. The van der Waals surface area contributed by atoms with E-state index < -0.39 is 0 Å². The maximum atomic E-state index is 6.06. The van der Waals surface area contributed by atoms with Crippen molar-refractivity contribution in [1.82, 2.24) is 4.90 Å². The molecule has 1 fully saturated rings. The fourth-order valence-corrected chi connectivity index (χ4v) is 3.40. The molecule has 0 aromatic heterocycles. The molecule has 1 heterocycles. The molecule has 4 heteroatoms. The van der Waals surface area contributed by atoms with Crippen molar-refractivity contribution in [3.63, 3.8) is 0 Å². The molecule has 2 atom stereocenters. The van der Waals surface area contributed by atoms with E-state index in [2.05, 4.69) is 42.3 Å². The predicted octanol–water partition coefficient (Wildman–Crippen LogP) is 3.30. The molecule has 0 saturated carbocycles. The van der Waals surface area contributed by atoms with E-state index in [4.69, 9.17) is 10.5 Å². The van der Waals surface area contributed by atoms with E-state index in [-0.39, 0.29) is 0 Å². The number of benzene rings is 1. The summed E-state index contributed by atoms with van der Waals surface area (Å²) in [5.41, 5.74) is 7.39. The Kier molecular flexibility index (Phi) is 7.04. The highest BCUT2D eigenvalue weighted by atomic mass is 32.2. The van der Waals surface area contributed by atoms with Crippen molar-refractivity contribution in [2.75, 3.05) is 32.5 Å². The Hall–Kier alpha value is -0.550. The molecule has 2 unspecified atom stereocenters. The zero-order valence-corrected chi connectivity index (χ0v) is 14.1. The molecule has 2 rings (SSSR count). The number of nitrogens with zero attached hydrogens (tertiary/aromatic N) is 1. The molecule has 0 aliphatic carbocycles. The third kappa shape index (κ3) is 4.71. The van der Waals surface area contributed by atoms with Gasteiger partial charge in [-0.3, -0.25) is 4.90 Å². The van der Waals surface area contributed by atoms with Crippen LogP contribution in [0.25, 0.3) is 0 Å². The van der Waals surface area contributed by atoms with Crippen LogP contribution in [0.3, 0.4) is 0 Å². The second kappa shape index (κ2) is 8.79. The lowest BCUT2D eigenvalue weighted by Crippen LogP contribution is -2.44. The third-order valence-electron chi connectivity index (χ3n) is 4.13. The first-order valence-electron chi connectivity index (χ1n) is 7.98. The number of ether oxygens (including phenoxy) is 1. The molecule has 0 bridgehead atoms. The molecular weight excluding hydrogens is 280 g/mol. The predicted molar refractivity (Wildman–Crippen MR) is 90.9 cm³/mol. The van der Waals surface area contributed by atoms with Crippen molar-refractivity contribution in [1.29, 1.82) is 0 Å². The van der Waals surface area contributed by atoms with E-state index in [1.165, 1.54) is 23.3 Å². The highest BCUT2D eigenvalue weighted by Crippen LogP contribution is 2.26. The standard InChI is InChI=1S/C17H28N2OS/c1-3-11-20-15-5-4-10-19(13-15)17(12-18)14-6-8-16(21-2)9-7-14/h6-9,15,17H,3-5,10-13,18H2,1-2H3. The Labute approximate surface area is 133 Å². The van der Waals surface area contributed by atoms with E-state index >= 15 is 0 Å². The number of hydrogen-bond donors (Lipinski definition) is 1. The van der Waals surface area contributed by atoms with Crippen molar-refractivity contribution in [2.45, 2.75) is 43.2 Å². The first-order chi connectivity index (χ1) is 10.3. The van der Waals surface area contributed by atoms with Crippen molar-refractivity contribution in [2.24, 2.45) is 5.73 Å². The molecule has 1 aliphatic rings. The number of thioether (sulfide) groups is 1. The summed E-state index contributed by atoms with van der Waals surface area (Å²) in [5.74, 6) is 0. The van der Waals surface area contributed by atoms with E-state index in [0.29, 0.717) is 18.7 Å². The van der Waals surface area contributed by atoms with E-state index in [0.717, 1.165) is 26.1 Å². The van der Waals surface area contributed by atoms with E-state index in [1.54, 1.807) is 11.8 Å². The molecular formula is C17H28N2OS. The van der Waals surface area contributed by atoms with Crippen LogP contribution in [0.15, 0.2) is 29.2 Å². The molecule has 118 valence electrons. The van der Waals surface area contributed by atoms with Crippen LogP contribution < -0.4 is 5.73 Å². The number of hydrogen-bond acceptors (Lipinski definition) is 4. The van der Waals surface area contributed by atoms with Gasteiger partial charge in [-0.15, -0.1) is 11.8 Å². The lowest BCUT2D eigenvalue weighted by Gasteiger charge is -2.38. The van der Waals surface area contributed by atoms with Gasteiger partial charge in [-0.25, -0.2) is 0 Å². The molecule has 0 spiro atoms. The van der Waals surface area contributed by atoms with Gasteiger partial charge in [0.1, 0.15) is 0 Å². The maximum Gasteiger partial charge on any atom is 0.0702 e. The summed E-state index contributed by atoms with van der Waals surface area (Å²) in [6.45, 7) is 5.83. The molecule has 1 aromatic carbocycles. The van der Waals surface area contributed by atoms with Crippen LogP contribution in [0, 0.1) is 0 Å². The Balaban J connectivity index is 2.01. The first-order valence-corrected chi connectivity index (χ1v) is 9.20. The van der Waals surface area contributed by atoms with Crippen LogP contribution in [0.5, 0.6) is 0 Å². The lowest BCUT2D eigenvalue weighted by molar-refractivity contribution is -0.0118. The zero-order valence-electron chi connectivity index (χ0n) is 13.3. The van der Waals surface area contributed by atoms with Gasteiger partial charge in [-0.2, -0.15) is 0 Å². The largest absolute Gasteiger partial charge is 0.377 e. The van der Waals surface area contributed by atoms with E-state index in [1.807, 2.05) is 0 Å². The van der Waals surface area contributed by atoms with Crippen molar-refractivity contribution in [3.8, 4) is 0 Å². The molecule has 3 nitrogen and oxygen atoms in total. The van der Waals surface area contributed by atoms with Crippen molar-refractivity contribution < 1.29 is 4.74 Å². The Morgan fingerprint density at radius 1 is 1.38 bits per heavy atom. The van der Waals surface area contributed by atoms with Crippen LogP contribution in [-0.4, -0.2) is 43.5 Å². The molecule has 1 aromatic rings. The first kappa shape index (κ1) is 16.8. The fraction of sp³-hybridized carbons (Fsp3) is 0.647. The topological polar surface area (TPSA) is 38.5 Å². The van der Waals surface area contributed by atoms with Gasteiger partial charge in [0.2, 0.25) is 0 Å². The second-order valence-corrected chi connectivity index (χ2v) is 6.53. The van der Waals surface area contributed by atoms with Gasteiger partial charge in [-0.1, -0.05) is 19.1 Å². The van der Waals surface area contributed by atoms with Crippen LogP contribution in [0.4, 0.5) is 0 Å².